The van der Waals surface area contributed by atoms with Gasteiger partial charge in [0.25, 0.3) is 17.7 Å². The number of hydrogen-bond donors (Lipinski definition) is 2. The number of imide groups is 1. The van der Waals surface area contributed by atoms with Crippen LogP contribution in [0.4, 0.5) is 0 Å². The minimum Gasteiger partial charge on any atom is -0.353 e. The van der Waals surface area contributed by atoms with Crippen LogP contribution < -0.4 is 5.32 Å². The lowest BCUT2D eigenvalue weighted by molar-refractivity contribution is 0.0595. The van der Waals surface area contributed by atoms with Gasteiger partial charge in [-0.2, -0.15) is 0 Å². The Hall–Kier alpha value is -5.12. The van der Waals surface area contributed by atoms with Crippen LogP contribution in [0.15, 0.2) is 84.9 Å². The highest BCUT2D eigenvalue weighted by Gasteiger charge is 2.32. The first-order chi connectivity index (χ1) is 21.9. The molecular formula is C36H34N6O3. The molecule has 3 heterocycles. The van der Waals surface area contributed by atoms with Crippen LogP contribution in [0.25, 0.3) is 43.6 Å². The van der Waals surface area contributed by atoms with E-state index >= 15 is 0 Å². The van der Waals surface area contributed by atoms with Crippen LogP contribution in [-0.4, -0.2) is 95.8 Å². The molecule has 0 aliphatic carbocycles. The van der Waals surface area contributed by atoms with Gasteiger partial charge in [-0.3, -0.25) is 19.3 Å². The minimum atomic E-state index is -0.239. The van der Waals surface area contributed by atoms with Gasteiger partial charge in [0, 0.05) is 72.1 Å². The smallest absolute Gasteiger partial charge is 0.261 e. The van der Waals surface area contributed by atoms with E-state index in [0.29, 0.717) is 42.9 Å². The average Bonchev–Trinajstić information content (AvgIpc) is 3.42. The number of nitrogens with zero attached hydrogens (tertiary/aromatic N) is 4. The number of hydrogen-bond acceptors (Lipinski definition) is 6. The Morgan fingerprint density at radius 2 is 1.42 bits per heavy atom. The number of para-hydroxylation sites is 2. The molecule has 2 N–H and O–H groups in total. The lowest BCUT2D eigenvalue weighted by atomic mass is 9.94. The van der Waals surface area contributed by atoms with Gasteiger partial charge in [-0.25, -0.2) is 4.98 Å². The van der Waals surface area contributed by atoms with Gasteiger partial charge in [0.05, 0.1) is 22.1 Å². The van der Waals surface area contributed by atoms with E-state index in [0.717, 1.165) is 56.7 Å². The number of pyridine rings is 1. The Kier molecular flexibility index (Phi) is 7.48. The normalized spacial score (nSPS) is 13.3. The molecule has 6 aromatic rings. The summed E-state index contributed by atoms with van der Waals surface area (Å²) in [5.74, 6) is -0.613. The van der Waals surface area contributed by atoms with Gasteiger partial charge >= 0.3 is 0 Å². The number of carbonyl (C=O) groups excluding carboxylic acids is 3. The summed E-state index contributed by atoms with van der Waals surface area (Å²) in [5.41, 5.74) is 5.04. The van der Waals surface area contributed by atoms with Crippen molar-refractivity contribution in [3.63, 3.8) is 0 Å². The largest absolute Gasteiger partial charge is 0.353 e. The third-order valence-corrected chi connectivity index (χ3v) is 8.77. The molecule has 7 rings (SSSR count). The lowest BCUT2D eigenvalue weighted by Crippen LogP contribution is -2.45. The summed E-state index contributed by atoms with van der Waals surface area (Å²) in [6.07, 6.45) is 0. The molecule has 0 spiro atoms. The van der Waals surface area contributed by atoms with Gasteiger partial charge in [-0.15, -0.1) is 0 Å². The molecule has 0 atom stereocenters. The van der Waals surface area contributed by atoms with Crippen LogP contribution >= 0.6 is 0 Å². The fourth-order valence-corrected chi connectivity index (χ4v) is 6.27. The van der Waals surface area contributed by atoms with E-state index in [1.807, 2.05) is 86.9 Å². The number of rotatable bonds is 10. The quantitative estimate of drug-likeness (QED) is 0.217. The van der Waals surface area contributed by atoms with E-state index in [4.69, 9.17) is 4.98 Å². The van der Waals surface area contributed by atoms with Crippen LogP contribution in [0.5, 0.6) is 0 Å². The molecule has 0 saturated heterocycles. The number of nitrogens with one attached hydrogen (secondary N) is 2. The standard InChI is InChI=1S/C36H34N6O3/c1-40(19-20-41(2)21-22-42-35(44)26-13-7-9-23-10-8-14-27(30(23)26)36(42)45)18-17-37-34(43)31-24-11-3-5-15-28(24)38-32-25-12-4-6-16-29(25)39-33(31)32/h3-16,39H,17-22H2,1-2H3,(H,37,43). The molecule has 9 heteroatoms. The molecule has 0 radical (unpaired) electrons. The fraction of sp³-hybridized carbons (Fsp3) is 0.222. The van der Waals surface area contributed by atoms with E-state index in [1.165, 1.54) is 4.90 Å². The minimum absolute atomic E-state index is 0.135. The van der Waals surface area contributed by atoms with Crippen molar-refractivity contribution in [1.29, 1.82) is 0 Å². The van der Waals surface area contributed by atoms with Crippen LogP contribution in [0.3, 0.4) is 0 Å². The molecular weight excluding hydrogens is 564 g/mol. The van der Waals surface area contributed by atoms with E-state index in [-0.39, 0.29) is 17.7 Å². The van der Waals surface area contributed by atoms with Crippen molar-refractivity contribution in [2.45, 2.75) is 0 Å². The van der Waals surface area contributed by atoms with Crippen LogP contribution in [0.2, 0.25) is 0 Å². The Bertz CT molecular complexity index is 2070. The second-order valence-corrected chi connectivity index (χ2v) is 11.7. The summed E-state index contributed by atoms with van der Waals surface area (Å²) in [4.78, 5) is 53.9. The van der Waals surface area contributed by atoms with Gasteiger partial charge in [0.1, 0.15) is 0 Å². The third-order valence-electron chi connectivity index (χ3n) is 8.77. The van der Waals surface area contributed by atoms with E-state index in [9.17, 15) is 14.4 Å². The molecule has 0 unspecified atom stereocenters. The van der Waals surface area contributed by atoms with Crippen molar-refractivity contribution in [2.24, 2.45) is 0 Å². The molecule has 0 fully saturated rings. The molecule has 4 aromatic carbocycles. The summed E-state index contributed by atoms with van der Waals surface area (Å²) >= 11 is 0. The maximum Gasteiger partial charge on any atom is 0.261 e. The zero-order valence-electron chi connectivity index (χ0n) is 25.3. The molecule has 1 aliphatic rings. The van der Waals surface area contributed by atoms with Crippen molar-refractivity contribution in [3.05, 3.63) is 102 Å². The Balaban J connectivity index is 0.942. The number of likely N-dealkylation sites (N-methyl/N-ethyl adjacent to an activating group) is 2. The van der Waals surface area contributed by atoms with Crippen LogP contribution in [-0.2, 0) is 0 Å². The fourth-order valence-electron chi connectivity index (χ4n) is 6.27. The highest BCUT2D eigenvalue weighted by molar-refractivity contribution is 6.25. The first-order valence-electron chi connectivity index (χ1n) is 15.2. The van der Waals surface area contributed by atoms with Crippen LogP contribution in [0.1, 0.15) is 31.1 Å². The first kappa shape index (κ1) is 28.6. The number of H-pyrrole nitrogens is 1. The summed E-state index contributed by atoms with van der Waals surface area (Å²) in [7, 11) is 4.01. The lowest BCUT2D eigenvalue weighted by Gasteiger charge is -2.29. The predicted molar refractivity (Wildman–Crippen MR) is 178 cm³/mol. The third kappa shape index (κ3) is 5.20. The van der Waals surface area contributed by atoms with Crippen molar-refractivity contribution in [3.8, 4) is 0 Å². The zero-order valence-corrected chi connectivity index (χ0v) is 25.3. The summed E-state index contributed by atoms with van der Waals surface area (Å²) in [6, 6.07) is 26.9. The van der Waals surface area contributed by atoms with Gasteiger partial charge in [0.2, 0.25) is 0 Å². The highest BCUT2D eigenvalue weighted by Crippen LogP contribution is 2.31. The maximum atomic E-state index is 13.6. The average molecular weight is 599 g/mol. The highest BCUT2D eigenvalue weighted by atomic mass is 16.2. The molecule has 45 heavy (non-hydrogen) atoms. The van der Waals surface area contributed by atoms with Crippen molar-refractivity contribution in [1.82, 2.24) is 30.0 Å². The number of fused-ring (bicyclic) bond motifs is 4. The molecule has 1 aliphatic heterocycles. The van der Waals surface area contributed by atoms with E-state index < -0.39 is 0 Å². The number of aromatic nitrogens is 2. The molecule has 2 aromatic heterocycles. The van der Waals surface area contributed by atoms with E-state index in [1.54, 1.807) is 12.1 Å². The Morgan fingerprint density at radius 1 is 0.778 bits per heavy atom. The number of amides is 3. The van der Waals surface area contributed by atoms with Gasteiger partial charge in [-0.05, 0) is 43.7 Å². The van der Waals surface area contributed by atoms with Crippen molar-refractivity contribution < 1.29 is 14.4 Å². The SMILES string of the molecule is CN(CCNC(=O)c1c2ccccc2nc2c1[nH]c1ccccc12)CCN(C)CCN1C(=O)c2cccc3cccc(c23)C1=O. The Morgan fingerprint density at radius 3 is 2.16 bits per heavy atom. The topological polar surface area (TPSA) is 102 Å². The maximum absolute atomic E-state index is 13.6. The molecule has 3 amide bonds. The second-order valence-electron chi connectivity index (χ2n) is 11.7. The molecule has 0 saturated carbocycles. The van der Waals surface area contributed by atoms with Gasteiger partial charge in [-0.1, -0.05) is 60.7 Å². The monoisotopic (exact) mass is 598 g/mol. The van der Waals surface area contributed by atoms with E-state index in [2.05, 4.69) is 20.1 Å². The number of carbonyl (C=O) groups is 3. The van der Waals surface area contributed by atoms with Crippen LogP contribution in [0, 0.1) is 0 Å². The van der Waals surface area contributed by atoms with Gasteiger partial charge < -0.3 is 20.1 Å². The predicted octanol–water partition coefficient (Wildman–Crippen LogP) is 4.91. The molecule has 9 nitrogen and oxygen atoms in total. The Labute approximate surface area is 260 Å². The first-order valence-corrected chi connectivity index (χ1v) is 15.2. The second kappa shape index (κ2) is 11.8. The number of aromatic amines is 1. The summed E-state index contributed by atoms with van der Waals surface area (Å²) in [6.45, 7) is 3.55. The van der Waals surface area contributed by atoms with Crippen molar-refractivity contribution in [2.75, 3.05) is 53.4 Å². The van der Waals surface area contributed by atoms with Gasteiger partial charge in [0.15, 0.2) is 0 Å². The van der Waals surface area contributed by atoms with Crippen molar-refractivity contribution >= 4 is 61.3 Å². The zero-order chi connectivity index (χ0) is 31.1. The number of benzene rings is 4. The molecule has 0 bridgehead atoms. The molecule has 226 valence electrons. The summed E-state index contributed by atoms with van der Waals surface area (Å²) < 4.78 is 0. The summed E-state index contributed by atoms with van der Waals surface area (Å²) in [5, 5.41) is 6.58.